The number of benzene rings is 1. The summed E-state index contributed by atoms with van der Waals surface area (Å²) in [5, 5.41) is 7.33. The quantitative estimate of drug-likeness (QED) is 0.700. The standard InChI is InChI=1S/C21H23N5O2.C2H6/c1-21(2)12-14-10-16(17(11-18(14)28-21)25-7-3-4-8-25)24-20(27)15-13-23-26-9-5-6-22-19(15)26;1-2/h5-6,9-11,13H,3-4,7-8,12H2,1-2H3,(H,24,27);1-2H3. The van der Waals surface area contributed by atoms with E-state index in [-0.39, 0.29) is 11.5 Å². The summed E-state index contributed by atoms with van der Waals surface area (Å²) in [6, 6.07) is 5.93. The molecule has 0 unspecified atom stereocenters. The Hall–Kier alpha value is -3.09. The lowest BCUT2D eigenvalue weighted by atomic mass is 10.0. The summed E-state index contributed by atoms with van der Waals surface area (Å²) in [4.78, 5) is 19.6. The molecule has 0 atom stereocenters. The topological polar surface area (TPSA) is 71.8 Å². The molecule has 4 heterocycles. The highest BCUT2D eigenvalue weighted by Gasteiger charge is 2.32. The van der Waals surface area contributed by atoms with E-state index in [0.717, 1.165) is 55.0 Å². The molecule has 2 aliphatic rings. The molecule has 2 aliphatic heterocycles. The smallest absolute Gasteiger partial charge is 0.261 e. The minimum Gasteiger partial charge on any atom is -0.487 e. The molecule has 5 rings (SSSR count). The Morgan fingerprint density at radius 1 is 1.20 bits per heavy atom. The van der Waals surface area contributed by atoms with Gasteiger partial charge in [-0.15, -0.1) is 0 Å². The summed E-state index contributed by atoms with van der Waals surface area (Å²) in [5.41, 5.74) is 3.76. The summed E-state index contributed by atoms with van der Waals surface area (Å²) in [7, 11) is 0. The van der Waals surface area contributed by atoms with Crippen molar-refractivity contribution in [3.8, 4) is 5.75 Å². The van der Waals surface area contributed by atoms with E-state index in [1.165, 1.54) is 0 Å². The number of hydrogen-bond donors (Lipinski definition) is 1. The molecule has 1 aromatic carbocycles. The van der Waals surface area contributed by atoms with Crippen molar-refractivity contribution in [2.45, 2.75) is 52.6 Å². The summed E-state index contributed by atoms with van der Waals surface area (Å²) >= 11 is 0. The Bertz CT molecular complexity index is 1070. The van der Waals surface area contributed by atoms with Gasteiger partial charge in [-0.2, -0.15) is 5.10 Å². The van der Waals surface area contributed by atoms with Gasteiger partial charge in [-0.1, -0.05) is 13.8 Å². The highest BCUT2D eigenvalue weighted by Crippen LogP contribution is 2.42. The van der Waals surface area contributed by atoms with Crippen LogP contribution in [0.4, 0.5) is 11.4 Å². The van der Waals surface area contributed by atoms with Crippen LogP contribution in [-0.4, -0.2) is 39.2 Å². The van der Waals surface area contributed by atoms with E-state index in [1.807, 2.05) is 13.8 Å². The van der Waals surface area contributed by atoms with Gasteiger partial charge in [0.05, 0.1) is 17.6 Å². The molecule has 1 N–H and O–H groups in total. The van der Waals surface area contributed by atoms with Gasteiger partial charge < -0.3 is 15.0 Å². The molecular weight excluding hydrogens is 378 g/mol. The number of fused-ring (bicyclic) bond motifs is 2. The van der Waals surface area contributed by atoms with Gasteiger partial charge >= 0.3 is 0 Å². The molecule has 0 aliphatic carbocycles. The van der Waals surface area contributed by atoms with Gasteiger partial charge in [0.2, 0.25) is 0 Å². The first-order valence-corrected chi connectivity index (χ1v) is 10.7. The zero-order valence-electron chi connectivity index (χ0n) is 18.1. The molecule has 1 fully saturated rings. The van der Waals surface area contributed by atoms with Gasteiger partial charge in [0.25, 0.3) is 5.91 Å². The van der Waals surface area contributed by atoms with Crippen LogP contribution in [0.2, 0.25) is 0 Å². The highest BCUT2D eigenvalue weighted by atomic mass is 16.5. The van der Waals surface area contributed by atoms with E-state index >= 15 is 0 Å². The number of nitrogens with zero attached hydrogens (tertiary/aromatic N) is 4. The van der Waals surface area contributed by atoms with Gasteiger partial charge in [-0.3, -0.25) is 4.79 Å². The van der Waals surface area contributed by atoms with Crippen molar-refractivity contribution in [3.63, 3.8) is 0 Å². The summed E-state index contributed by atoms with van der Waals surface area (Å²) in [6.07, 6.45) is 8.15. The fourth-order valence-electron chi connectivity index (χ4n) is 4.14. The molecule has 0 saturated carbocycles. The lowest BCUT2D eigenvalue weighted by Gasteiger charge is -2.23. The number of ether oxygens (including phenoxy) is 1. The first-order chi connectivity index (χ1) is 14.5. The molecule has 30 heavy (non-hydrogen) atoms. The van der Waals surface area contributed by atoms with Crippen molar-refractivity contribution in [2.24, 2.45) is 0 Å². The molecular formula is C23H29N5O2. The number of aromatic nitrogens is 3. The zero-order valence-corrected chi connectivity index (χ0v) is 18.1. The number of carbonyl (C=O) groups is 1. The van der Waals surface area contributed by atoms with E-state index in [4.69, 9.17) is 4.74 Å². The molecule has 7 nitrogen and oxygen atoms in total. The minimum atomic E-state index is -0.223. The molecule has 2 aromatic heterocycles. The van der Waals surface area contributed by atoms with Crippen LogP contribution in [0.1, 0.15) is 56.5 Å². The Morgan fingerprint density at radius 2 is 1.97 bits per heavy atom. The second kappa shape index (κ2) is 7.97. The fraction of sp³-hybridized carbons (Fsp3) is 0.435. The van der Waals surface area contributed by atoms with E-state index in [9.17, 15) is 4.79 Å². The number of hydrogen-bond acceptors (Lipinski definition) is 5. The third-order valence-corrected chi connectivity index (χ3v) is 5.40. The molecule has 0 radical (unpaired) electrons. The first-order valence-electron chi connectivity index (χ1n) is 10.7. The number of anilines is 2. The fourth-order valence-corrected chi connectivity index (χ4v) is 4.14. The summed E-state index contributed by atoms with van der Waals surface area (Å²) in [5.74, 6) is 0.717. The molecule has 3 aromatic rings. The number of rotatable bonds is 3. The van der Waals surface area contributed by atoms with Crippen molar-refractivity contribution in [1.29, 1.82) is 0 Å². The zero-order chi connectivity index (χ0) is 21.3. The van der Waals surface area contributed by atoms with E-state index in [1.54, 1.807) is 29.2 Å². The SMILES string of the molecule is CC.CC1(C)Cc2cc(NC(=O)c3cnn4cccnc34)c(N3CCCC3)cc2O1. The summed E-state index contributed by atoms with van der Waals surface area (Å²) < 4.78 is 7.73. The van der Waals surface area contributed by atoms with Crippen LogP contribution in [0.15, 0.2) is 36.8 Å². The lowest BCUT2D eigenvalue weighted by Crippen LogP contribution is -2.24. The van der Waals surface area contributed by atoms with E-state index in [2.05, 4.69) is 46.3 Å². The molecule has 1 saturated heterocycles. The third-order valence-electron chi connectivity index (χ3n) is 5.40. The molecule has 1 amide bonds. The lowest BCUT2D eigenvalue weighted by molar-refractivity contribution is 0.102. The second-order valence-corrected chi connectivity index (χ2v) is 8.11. The maximum Gasteiger partial charge on any atom is 0.261 e. The first kappa shape index (κ1) is 20.2. The minimum absolute atomic E-state index is 0.202. The van der Waals surface area contributed by atoms with Crippen molar-refractivity contribution in [3.05, 3.63) is 47.9 Å². The molecule has 7 heteroatoms. The normalized spacial score (nSPS) is 16.6. The predicted molar refractivity (Wildman–Crippen MR) is 119 cm³/mol. The monoisotopic (exact) mass is 407 g/mol. The van der Waals surface area contributed by atoms with Crippen molar-refractivity contribution < 1.29 is 9.53 Å². The Kier molecular flexibility index (Phi) is 5.37. The van der Waals surface area contributed by atoms with Crippen LogP contribution >= 0.6 is 0 Å². The van der Waals surface area contributed by atoms with Crippen LogP contribution in [0.3, 0.4) is 0 Å². The van der Waals surface area contributed by atoms with Crippen LogP contribution in [0.5, 0.6) is 5.75 Å². The van der Waals surface area contributed by atoms with Crippen molar-refractivity contribution in [2.75, 3.05) is 23.3 Å². The van der Waals surface area contributed by atoms with Gasteiger partial charge in [-0.05, 0) is 38.8 Å². The van der Waals surface area contributed by atoms with Gasteiger partial charge in [0.15, 0.2) is 5.65 Å². The van der Waals surface area contributed by atoms with Crippen LogP contribution < -0.4 is 15.0 Å². The van der Waals surface area contributed by atoms with Crippen LogP contribution in [-0.2, 0) is 6.42 Å². The average Bonchev–Trinajstić information content (AvgIpc) is 3.46. The number of carbonyl (C=O) groups excluding carboxylic acids is 1. The van der Waals surface area contributed by atoms with Gasteiger partial charge in [-0.25, -0.2) is 9.50 Å². The van der Waals surface area contributed by atoms with Crippen LogP contribution in [0, 0.1) is 0 Å². The Labute approximate surface area is 177 Å². The molecule has 158 valence electrons. The van der Waals surface area contributed by atoms with Gasteiger partial charge in [0.1, 0.15) is 16.9 Å². The number of nitrogens with one attached hydrogen (secondary N) is 1. The number of amides is 1. The average molecular weight is 408 g/mol. The van der Waals surface area contributed by atoms with E-state index < -0.39 is 0 Å². The van der Waals surface area contributed by atoms with Gasteiger partial charge in [0, 0.05) is 43.5 Å². The third kappa shape index (κ3) is 3.72. The molecule has 0 spiro atoms. The van der Waals surface area contributed by atoms with Crippen LogP contribution in [0.25, 0.3) is 5.65 Å². The summed E-state index contributed by atoms with van der Waals surface area (Å²) in [6.45, 7) is 10.2. The Morgan fingerprint density at radius 3 is 2.73 bits per heavy atom. The second-order valence-electron chi connectivity index (χ2n) is 8.11. The maximum absolute atomic E-state index is 13.0. The maximum atomic E-state index is 13.0. The van der Waals surface area contributed by atoms with Crippen molar-refractivity contribution in [1.82, 2.24) is 14.6 Å². The van der Waals surface area contributed by atoms with E-state index in [0.29, 0.717) is 11.2 Å². The predicted octanol–water partition coefficient (Wildman–Crippen LogP) is 4.32. The van der Waals surface area contributed by atoms with Crippen molar-refractivity contribution >= 4 is 22.9 Å². The highest BCUT2D eigenvalue weighted by molar-refractivity contribution is 6.09. The Balaban J connectivity index is 0.00000106. The largest absolute Gasteiger partial charge is 0.487 e. The molecule has 0 bridgehead atoms.